The Morgan fingerprint density at radius 1 is 0.250 bits per heavy atom. The van der Waals surface area contributed by atoms with E-state index < -0.39 is 0 Å². The van der Waals surface area contributed by atoms with Gasteiger partial charge in [-0.3, -0.25) is 0 Å². The SMILES string of the molecule is c1ccc(-c2ccc3c4c2c2ccccc2n4-c2cc4c(cc2B3n2c3ccccc3c3ccccc32)B(n2c3ccccc3c3ccccc32)c2ccc(-c3ccccc3)c3c5ccccc5n-4c23)cc1. The number of hydrogen-bond acceptors (Lipinski definition) is 0. The van der Waals surface area contributed by atoms with Crippen molar-refractivity contribution in [3.05, 3.63) is 243 Å². The van der Waals surface area contributed by atoms with E-state index >= 15 is 0 Å². The molecular weight excluding hydrogens is 870 g/mol. The van der Waals surface area contributed by atoms with Crippen LogP contribution in [0.3, 0.4) is 0 Å². The topological polar surface area (TPSA) is 19.7 Å². The van der Waals surface area contributed by atoms with Crippen molar-refractivity contribution >= 4 is 123 Å². The fourth-order valence-electron chi connectivity index (χ4n) is 13.7. The Bertz CT molecular complexity index is 4410. The molecule has 0 aliphatic carbocycles. The monoisotopic (exact) mass is 910 g/mol. The van der Waals surface area contributed by atoms with Gasteiger partial charge in [0.25, 0.3) is 0 Å². The second-order valence-electron chi connectivity index (χ2n) is 19.9. The summed E-state index contributed by atoms with van der Waals surface area (Å²) in [6.45, 7) is -0.331. The number of aromatic nitrogens is 4. The highest BCUT2D eigenvalue weighted by Gasteiger charge is 2.42. The maximum atomic E-state index is 2.66. The van der Waals surface area contributed by atoms with Crippen molar-refractivity contribution in [1.82, 2.24) is 18.1 Å². The van der Waals surface area contributed by atoms with Crippen LogP contribution in [0, 0.1) is 0 Å². The van der Waals surface area contributed by atoms with Crippen LogP contribution in [-0.4, -0.2) is 31.8 Å². The molecule has 0 saturated heterocycles. The lowest BCUT2D eigenvalue weighted by Crippen LogP contribution is -2.58. The molecule has 0 bridgehead atoms. The van der Waals surface area contributed by atoms with Gasteiger partial charge in [-0.25, -0.2) is 0 Å². The van der Waals surface area contributed by atoms with Gasteiger partial charge in [-0.1, -0.05) is 200 Å². The van der Waals surface area contributed by atoms with Crippen molar-refractivity contribution < 1.29 is 0 Å². The summed E-state index contributed by atoms with van der Waals surface area (Å²) < 4.78 is 10.6. The van der Waals surface area contributed by atoms with Crippen LogP contribution in [0.4, 0.5) is 0 Å². The minimum atomic E-state index is -0.165. The van der Waals surface area contributed by atoms with E-state index in [0.29, 0.717) is 0 Å². The molecule has 0 unspecified atom stereocenters. The summed E-state index contributed by atoms with van der Waals surface area (Å²) in [5.41, 5.74) is 22.4. The van der Waals surface area contributed by atoms with Crippen molar-refractivity contribution in [2.75, 3.05) is 0 Å². The Balaban J connectivity index is 1.09. The molecule has 330 valence electrons. The van der Waals surface area contributed by atoms with Crippen LogP contribution in [0.25, 0.3) is 121 Å². The van der Waals surface area contributed by atoms with Crippen LogP contribution >= 0.6 is 0 Å². The van der Waals surface area contributed by atoms with Crippen molar-refractivity contribution in [3.63, 3.8) is 0 Å². The summed E-state index contributed by atoms with van der Waals surface area (Å²) in [5, 5.41) is 10.2. The lowest BCUT2D eigenvalue weighted by Gasteiger charge is -2.34. The Morgan fingerprint density at radius 2 is 0.569 bits per heavy atom. The molecule has 0 atom stereocenters. The van der Waals surface area contributed by atoms with Crippen LogP contribution in [-0.2, 0) is 0 Å². The molecule has 4 aromatic heterocycles. The second-order valence-corrected chi connectivity index (χ2v) is 19.9. The molecular formula is C66H40B2N4. The number of rotatable bonds is 4. The van der Waals surface area contributed by atoms with E-state index in [9.17, 15) is 0 Å². The van der Waals surface area contributed by atoms with Gasteiger partial charge in [0.1, 0.15) is 0 Å². The third-order valence-corrected chi connectivity index (χ3v) is 16.5. The van der Waals surface area contributed by atoms with Crippen molar-refractivity contribution in [3.8, 4) is 33.6 Å². The summed E-state index contributed by atoms with van der Waals surface area (Å²) >= 11 is 0. The fraction of sp³-hybridized carbons (Fsp3) is 0. The molecule has 0 spiro atoms. The van der Waals surface area contributed by atoms with Gasteiger partial charge in [-0.15, -0.1) is 0 Å². The van der Waals surface area contributed by atoms with Crippen molar-refractivity contribution in [2.24, 2.45) is 0 Å². The Labute approximate surface area is 415 Å². The molecule has 4 nitrogen and oxygen atoms in total. The van der Waals surface area contributed by atoms with Crippen molar-refractivity contribution in [1.29, 1.82) is 0 Å². The number of fused-ring (bicyclic) bond motifs is 16. The van der Waals surface area contributed by atoms with E-state index in [-0.39, 0.29) is 13.7 Å². The zero-order valence-electron chi connectivity index (χ0n) is 39.0. The number of para-hydroxylation sites is 6. The van der Waals surface area contributed by atoms with Gasteiger partial charge in [0.15, 0.2) is 0 Å². The first-order chi connectivity index (χ1) is 35.8. The minimum absolute atomic E-state index is 0.165. The highest BCUT2D eigenvalue weighted by molar-refractivity contribution is 6.91. The van der Waals surface area contributed by atoms with E-state index in [2.05, 4.69) is 261 Å². The Morgan fingerprint density at radius 3 is 0.944 bits per heavy atom. The van der Waals surface area contributed by atoms with E-state index in [4.69, 9.17) is 0 Å². The first-order valence-corrected chi connectivity index (χ1v) is 25.2. The van der Waals surface area contributed by atoms with E-state index in [1.807, 2.05) is 0 Å². The van der Waals surface area contributed by atoms with Gasteiger partial charge in [0.05, 0.1) is 22.1 Å². The zero-order valence-corrected chi connectivity index (χ0v) is 39.0. The summed E-state index contributed by atoms with van der Waals surface area (Å²) in [6, 6.07) is 91.2. The minimum Gasteiger partial charge on any atom is -0.376 e. The lowest BCUT2D eigenvalue weighted by atomic mass is 9.43. The van der Waals surface area contributed by atoms with Crippen LogP contribution in [0.5, 0.6) is 0 Å². The van der Waals surface area contributed by atoms with Crippen LogP contribution < -0.4 is 21.9 Å². The van der Waals surface area contributed by atoms with Crippen LogP contribution in [0.1, 0.15) is 0 Å². The molecule has 6 heterocycles. The molecule has 2 aliphatic rings. The predicted octanol–water partition coefficient (Wildman–Crippen LogP) is 13.4. The van der Waals surface area contributed by atoms with Crippen LogP contribution in [0.2, 0.25) is 0 Å². The second kappa shape index (κ2) is 14.2. The van der Waals surface area contributed by atoms with Gasteiger partial charge in [0.2, 0.25) is 0 Å². The highest BCUT2D eigenvalue weighted by Crippen LogP contribution is 2.44. The summed E-state index contributed by atoms with van der Waals surface area (Å²) in [6.07, 6.45) is 0. The summed E-state index contributed by atoms with van der Waals surface area (Å²) in [4.78, 5) is 0. The van der Waals surface area contributed by atoms with E-state index in [1.165, 1.54) is 143 Å². The standard InChI is InChI=1S/C66H40B2N4/c1-3-19-41(20-4-1)43-35-37-51-65-63(43)49-27-11-13-29-55(49)69(65)61-40-62-54(39-53(61)67(51)71-57-31-15-7-23-45(57)46-24-8-16-32-58(46)71)68(72-59-33-17-9-25-47(59)48-26-10-18-34-60(48)72)52-38-36-44(42-21-5-2-6-22-42)64-50-28-12-14-30-56(50)70(62)66(52)64/h1-40H. The lowest BCUT2D eigenvalue weighted by molar-refractivity contribution is 1.14. The molecule has 17 rings (SSSR count). The third kappa shape index (κ3) is 4.88. The number of hydrogen-bond donors (Lipinski definition) is 0. The van der Waals surface area contributed by atoms with Gasteiger partial charge < -0.3 is 18.1 Å². The average Bonchev–Trinajstić information content (AvgIpc) is 4.19. The first-order valence-electron chi connectivity index (χ1n) is 25.2. The number of nitrogens with zero attached hydrogens (tertiary/aromatic N) is 4. The summed E-state index contributed by atoms with van der Waals surface area (Å²) in [7, 11) is 0. The van der Waals surface area contributed by atoms with Gasteiger partial charge >= 0.3 is 13.7 Å². The number of benzene rings is 11. The molecule has 0 radical (unpaired) electrons. The molecule has 72 heavy (non-hydrogen) atoms. The van der Waals surface area contributed by atoms with E-state index in [1.54, 1.807) is 0 Å². The van der Waals surface area contributed by atoms with Gasteiger partial charge in [-0.05, 0) is 86.6 Å². The maximum Gasteiger partial charge on any atom is 0.332 e. The first kappa shape index (κ1) is 38.6. The quantitative estimate of drug-likeness (QED) is 0.157. The largest absolute Gasteiger partial charge is 0.376 e. The van der Waals surface area contributed by atoms with E-state index in [0.717, 1.165) is 0 Å². The molecule has 0 N–H and O–H groups in total. The predicted molar refractivity (Wildman–Crippen MR) is 306 cm³/mol. The Kier molecular flexibility index (Phi) is 7.60. The molecule has 15 aromatic rings. The molecule has 6 heteroatoms. The van der Waals surface area contributed by atoms with Gasteiger partial charge in [-0.2, -0.15) is 0 Å². The van der Waals surface area contributed by atoms with Crippen LogP contribution in [0.15, 0.2) is 243 Å². The Hall–Kier alpha value is -9.25. The van der Waals surface area contributed by atoms with Crippen molar-refractivity contribution in [2.45, 2.75) is 0 Å². The smallest absolute Gasteiger partial charge is 0.332 e. The summed E-state index contributed by atoms with van der Waals surface area (Å²) in [5.74, 6) is 0. The van der Waals surface area contributed by atoms with Gasteiger partial charge in [0, 0.05) is 76.5 Å². The molecule has 0 amide bonds. The average molecular weight is 911 g/mol. The fourth-order valence-corrected chi connectivity index (χ4v) is 13.7. The highest BCUT2D eigenvalue weighted by atomic mass is 15.1. The molecule has 11 aromatic carbocycles. The molecule has 0 fully saturated rings. The normalized spacial score (nSPS) is 12.9. The maximum absolute atomic E-state index is 2.66. The molecule has 2 aliphatic heterocycles. The molecule has 0 saturated carbocycles. The third-order valence-electron chi connectivity index (χ3n) is 16.5. The zero-order chi connectivity index (χ0) is 46.8.